The number of aryl methyl sites for hydroxylation is 1. The van der Waals surface area contributed by atoms with E-state index in [0.29, 0.717) is 12.0 Å². The first-order valence-corrected chi connectivity index (χ1v) is 9.07. The van der Waals surface area contributed by atoms with Crippen molar-refractivity contribution in [2.45, 2.75) is 26.1 Å². The number of benzene rings is 2. The molecule has 0 fully saturated rings. The summed E-state index contributed by atoms with van der Waals surface area (Å²) in [5.74, 6) is -2.53. The van der Waals surface area contributed by atoms with Crippen LogP contribution in [-0.4, -0.2) is 19.2 Å². The maximum absolute atomic E-state index is 13.7. The number of hydrogen-bond acceptors (Lipinski definition) is 4. The summed E-state index contributed by atoms with van der Waals surface area (Å²) in [7, 11) is 3.55. The van der Waals surface area contributed by atoms with Gasteiger partial charge in [0.15, 0.2) is 5.58 Å². The average Bonchev–Trinajstić information content (AvgIpc) is 2.65. The van der Waals surface area contributed by atoms with Crippen LogP contribution in [-0.2, 0) is 19.1 Å². The topological polar surface area (TPSA) is 64.1 Å². The van der Waals surface area contributed by atoms with Crippen LogP contribution >= 0.6 is 0 Å². The van der Waals surface area contributed by atoms with Gasteiger partial charge in [-0.1, -0.05) is 25.1 Å². The number of halogens is 3. The van der Waals surface area contributed by atoms with Crippen LogP contribution in [0.5, 0.6) is 17.2 Å². The van der Waals surface area contributed by atoms with Gasteiger partial charge in [-0.25, -0.2) is 0 Å². The van der Waals surface area contributed by atoms with Crippen LogP contribution < -0.4 is 15.1 Å². The van der Waals surface area contributed by atoms with Gasteiger partial charge >= 0.3 is 6.18 Å². The van der Waals surface area contributed by atoms with Gasteiger partial charge in [0.25, 0.3) is 5.76 Å². The van der Waals surface area contributed by atoms with E-state index in [9.17, 15) is 23.1 Å². The smallest absolute Gasteiger partial charge is 0.453 e. The second-order valence-corrected chi connectivity index (χ2v) is 6.98. The highest BCUT2D eigenvalue weighted by molar-refractivity contribution is 5.85. The van der Waals surface area contributed by atoms with Crippen LogP contribution in [0.2, 0.25) is 0 Å². The van der Waals surface area contributed by atoms with Crippen molar-refractivity contribution < 1.29 is 32.3 Å². The third-order valence-electron chi connectivity index (χ3n) is 4.42. The lowest BCUT2D eigenvalue weighted by atomic mass is 10.0. The van der Waals surface area contributed by atoms with Gasteiger partial charge in [0.05, 0.1) is 25.0 Å². The summed E-state index contributed by atoms with van der Waals surface area (Å²) < 4.78 is 51.7. The van der Waals surface area contributed by atoms with Gasteiger partial charge in [-0.05, 0) is 30.2 Å². The summed E-state index contributed by atoms with van der Waals surface area (Å²) in [4.78, 5) is 13.9. The number of nitrogens with one attached hydrogen (secondary N) is 1. The summed E-state index contributed by atoms with van der Waals surface area (Å²) >= 11 is 0. The largest absolute Gasteiger partial charge is 0.507 e. The van der Waals surface area contributed by atoms with Crippen molar-refractivity contribution in [3.05, 3.63) is 63.5 Å². The second-order valence-electron chi connectivity index (χ2n) is 6.98. The predicted octanol–water partition coefficient (Wildman–Crippen LogP) is 3.52. The maximum atomic E-state index is 13.7. The second kappa shape index (κ2) is 7.79. The zero-order valence-corrected chi connectivity index (χ0v) is 16.2. The molecule has 3 rings (SSSR count). The molecule has 0 saturated heterocycles. The van der Waals surface area contributed by atoms with E-state index >= 15 is 0 Å². The standard InChI is InChI=1S/C21H20F3NO4/c1-4-12-10-14-17(27)19(28-13-8-6-5-7-9-13)20(21(22,23)24)29-18(14)15(16(12)26)11-25(2)3/h5-10,26H,4,11H2,1-3H3/p+1. The molecule has 0 aliphatic heterocycles. The number of aromatic hydroxyl groups is 1. The third-order valence-corrected chi connectivity index (χ3v) is 4.42. The number of fused-ring (bicyclic) bond motifs is 1. The van der Waals surface area contributed by atoms with E-state index in [-0.39, 0.29) is 34.6 Å². The quantitative estimate of drug-likeness (QED) is 0.678. The molecule has 8 heteroatoms. The Morgan fingerprint density at radius 3 is 2.38 bits per heavy atom. The first-order chi connectivity index (χ1) is 13.6. The van der Waals surface area contributed by atoms with Crippen molar-refractivity contribution >= 4 is 11.0 Å². The fourth-order valence-electron chi connectivity index (χ4n) is 3.10. The molecule has 0 radical (unpaired) electrons. The van der Waals surface area contributed by atoms with Crippen LogP contribution in [0.25, 0.3) is 11.0 Å². The lowest BCUT2D eigenvalue weighted by molar-refractivity contribution is -0.872. The van der Waals surface area contributed by atoms with Gasteiger partial charge in [-0.3, -0.25) is 4.79 Å². The molecule has 0 aliphatic carbocycles. The summed E-state index contributed by atoms with van der Waals surface area (Å²) in [6.07, 6.45) is -4.56. The first-order valence-electron chi connectivity index (χ1n) is 9.07. The first kappa shape index (κ1) is 20.7. The summed E-state index contributed by atoms with van der Waals surface area (Å²) in [5, 5.41) is 10.5. The van der Waals surface area contributed by atoms with Gasteiger partial charge in [0.1, 0.15) is 18.0 Å². The Bertz CT molecular complexity index is 1090. The van der Waals surface area contributed by atoms with Crippen LogP contribution in [0.4, 0.5) is 13.2 Å². The minimum absolute atomic E-state index is 0.0603. The third kappa shape index (κ3) is 4.07. The van der Waals surface area contributed by atoms with Crippen LogP contribution in [0.1, 0.15) is 23.8 Å². The van der Waals surface area contributed by atoms with Gasteiger partial charge in [0, 0.05) is 0 Å². The molecule has 1 aromatic heterocycles. The molecule has 1 heterocycles. The van der Waals surface area contributed by atoms with E-state index in [1.165, 1.54) is 18.2 Å². The molecule has 0 unspecified atom stereocenters. The molecule has 154 valence electrons. The van der Waals surface area contributed by atoms with Gasteiger partial charge < -0.3 is 19.2 Å². The number of phenolic OH excluding ortho intramolecular Hbond substituents is 1. The number of hydrogen-bond donors (Lipinski definition) is 2. The SMILES string of the molecule is CCc1cc2c(=O)c(Oc3ccccc3)c(C(F)(F)F)oc2c(C[NH+](C)C)c1O. The van der Waals surface area contributed by atoms with Crippen molar-refractivity contribution in [1.29, 1.82) is 0 Å². The molecular formula is C21H21F3NO4+. The molecule has 2 N–H and O–H groups in total. The zero-order chi connectivity index (χ0) is 21.3. The molecular weight excluding hydrogens is 387 g/mol. The minimum Gasteiger partial charge on any atom is -0.507 e. The lowest BCUT2D eigenvalue weighted by Crippen LogP contribution is -3.04. The van der Waals surface area contributed by atoms with Crippen LogP contribution in [0.15, 0.2) is 45.6 Å². The number of phenols is 1. The molecule has 0 spiro atoms. The van der Waals surface area contributed by atoms with E-state index in [1.807, 2.05) is 0 Å². The Labute approximate surface area is 164 Å². The van der Waals surface area contributed by atoms with E-state index in [1.54, 1.807) is 39.2 Å². The fourth-order valence-corrected chi connectivity index (χ4v) is 3.10. The lowest BCUT2D eigenvalue weighted by Gasteiger charge is -2.17. The number of ether oxygens (including phenoxy) is 1. The maximum Gasteiger partial charge on any atom is 0.453 e. The number of para-hydroxylation sites is 1. The molecule has 0 saturated carbocycles. The molecule has 29 heavy (non-hydrogen) atoms. The normalized spacial score (nSPS) is 12.0. The van der Waals surface area contributed by atoms with E-state index in [4.69, 9.17) is 9.15 Å². The summed E-state index contributed by atoms with van der Waals surface area (Å²) in [5.41, 5.74) is -0.606. The van der Waals surface area contributed by atoms with E-state index in [2.05, 4.69) is 0 Å². The van der Waals surface area contributed by atoms with Gasteiger partial charge in [0.2, 0.25) is 11.2 Å². The Hall–Kier alpha value is -3.00. The van der Waals surface area contributed by atoms with Crippen molar-refractivity contribution in [2.75, 3.05) is 14.1 Å². The Balaban J connectivity index is 2.38. The summed E-state index contributed by atoms with van der Waals surface area (Å²) in [6.45, 7) is 1.95. The van der Waals surface area contributed by atoms with Gasteiger partial charge in [-0.15, -0.1) is 0 Å². The Morgan fingerprint density at radius 1 is 1.17 bits per heavy atom. The highest BCUT2D eigenvalue weighted by Gasteiger charge is 2.41. The van der Waals surface area contributed by atoms with Crippen LogP contribution in [0, 0.1) is 0 Å². The average molecular weight is 408 g/mol. The highest BCUT2D eigenvalue weighted by atomic mass is 19.4. The van der Waals surface area contributed by atoms with Crippen molar-refractivity contribution in [2.24, 2.45) is 0 Å². The monoisotopic (exact) mass is 408 g/mol. The molecule has 0 bridgehead atoms. The molecule has 2 aromatic carbocycles. The Kier molecular flexibility index (Phi) is 5.57. The molecule has 3 aromatic rings. The summed E-state index contributed by atoms with van der Waals surface area (Å²) in [6, 6.07) is 9.08. The van der Waals surface area contributed by atoms with Crippen LogP contribution in [0.3, 0.4) is 0 Å². The van der Waals surface area contributed by atoms with Crippen molar-refractivity contribution in [3.8, 4) is 17.2 Å². The van der Waals surface area contributed by atoms with E-state index < -0.39 is 23.1 Å². The van der Waals surface area contributed by atoms with E-state index in [0.717, 1.165) is 4.90 Å². The van der Waals surface area contributed by atoms with Gasteiger partial charge in [-0.2, -0.15) is 13.2 Å². The number of alkyl halides is 3. The highest BCUT2D eigenvalue weighted by Crippen LogP contribution is 2.40. The predicted molar refractivity (Wildman–Crippen MR) is 102 cm³/mol. The zero-order valence-electron chi connectivity index (χ0n) is 16.2. The van der Waals surface area contributed by atoms with Crippen molar-refractivity contribution in [3.63, 3.8) is 0 Å². The molecule has 5 nitrogen and oxygen atoms in total. The minimum atomic E-state index is -4.96. The van der Waals surface area contributed by atoms with Crippen molar-refractivity contribution in [1.82, 2.24) is 0 Å². The number of quaternary nitrogens is 1. The Morgan fingerprint density at radius 2 is 1.83 bits per heavy atom. The molecule has 0 atom stereocenters. The number of rotatable bonds is 5. The molecule has 0 aliphatic rings. The fraction of sp³-hybridized carbons (Fsp3) is 0.286. The molecule has 0 amide bonds.